The van der Waals surface area contributed by atoms with Gasteiger partial charge >= 0.3 is 0 Å². The lowest BCUT2D eigenvalue weighted by atomic mass is 9.73. The van der Waals surface area contributed by atoms with Gasteiger partial charge in [-0.05, 0) is 47.2 Å². The van der Waals surface area contributed by atoms with Crippen molar-refractivity contribution in [2.45, 2.75) is 24.7 Å². The molecule has 4 nitrogen and oxygen atoms in total. The van der Waals surface area contributed by atoms with Crippen LogP contribution in [-0.2, 0) is 4.79 Å². The van der Waals surface area contributed by atoms with Gasteiger partial charge in [0.15, 0.2) is 17.3 Å². The molecule has 2 atom stereocenters. The Kier molecular flexibility index (Phi) is 5.66. The van der Waals surface area contributed by atoms with Crippen molar-refractivity contribution in [2.24, 2.45) is 0 Å². The molecule has 0 unspecified atom stereocenters. The first-order valence-corrected chi connectivity index (χ1v) is 11.9. The predicted molar refractivity (Wildman–Crippen MR) is 130 cm³/mol. The highest BCUT2D eigenvalue weighted by molar-refractivity contribution is 7.10. The van der Waals surface area contributed by atoms with Gasteiger partial charge in [-0.2, -0.15) is 0 Å². The van der Waals surface area contributed by atoms with E-state index in [0.29, 0.717) is 28.0 Å². The summed E-state index contributed by atoms with van der Waals surface area (Å²) in [5.74, 6) is 1.29. The standard InChI is InChI=1S/C25H21Cl2NO3S/c1-30-21-11-15-18(12-22(21)31-2)28-19-9-14(23-4-3-7-32-23)10-20(29)25(19)24(15)13-5-6-16(26)17(27)8-13/h3-8,11-12,14,24,28H,9-10H2,1-2H3/t14-,24+/m1/s1. The number of hydrogen-bond acceptors (Lipinski definition) is 5. The second kappa shape index (κ2) is 8.47. The lowest BCUT2D eigenvalue weighted by Gasteiger charge is -2.36. The van der Waals surface area contributed by atoms with Crippen LogP contribution in [0.1, 0.15) is 40.7 Å². The topological polar surface area (TPSA) is 47.6 Å². The molecule has 1 aliphatic carbocycles. The first-order chi connectivity index (χ1) is 15.5. The SMILES string of the molecule is COc1cc2c(cc1OC)[C@H](c1ccc(Cl)c(Cl)c1)C1=C(C[C@@H](c3cccs3)CC1=O)N2. The Labute approximate surface area is 200 Å². The van der Waals surface area contributed by atoms with E-state index in [1.807, 2.05) is 30.3 Å². The van der Waals surface area contributed by atoms with Crippen molar-refractivity contribution in [2.75, 3.05) is 19.5 Å². The summed E-state index contributed by atoms with van der Waals surface area (Å²) in [5, 5.41) is 6.55. The Morgan fingerprint density at radius 2 is 1.78 bits per heavy atom. The van der Waals surface area contributed by atoms with E-state index in [1.54, 1.807) is 31.6 Å². The number of benzene rings is 2. The number of carbonyl (C=O) groups is 1. The summed E-state index contributed by atoms with van der Waals surface area (Å²) in [6.45, 7) is 0. The van der Waals surface area contributed by atoms with Gasteiger partial charge in [0.2, 0.25) is 0 Å². The van der Waals surface area contributed by atoms with Crippen molar-refractivity contribution in [3.63, 3.8) is 0 Å². The maximum atomic E-state index is 13.5. The van der Waals surface area contributed by atoms with Gasteiger partial charge in [0, 0.05) is 46.2 Å². The maximum Gasteiger partial charge on any atom is 0.162 e. The quantitative estimate of drug-likeness (QED) is 0.430. The molecule has 1 aromatic heterocycles. The first-order valence-electron chi connectivity index (χ1n) is 10.3. The molecule has 0 fully saturated rings. The predicted octanol–water partition coefficient (Wildman–Crippen LogP) is 7.03. The van der Waals surface area contributed by atoms with Crippen molar-refractivity contribution in [1.82, 2.24) is 0 Å². The van der Waals surface area contributed by atoms with E-state index in [4.69, 9.17) is 32.7 Å². The molecule has 164 valence electrons. The Morgan fingerprint density at radius 3 is 2.47 bits per heavy atom. The molecule has 7 heteroatoms. The highest BCUT2D eigenvalue weighted by Crippen LogP contribution is 2.51. The van der Waals surface area contributed by atoms with Crippen molar-refractivity contribution in [3.05, 3.63) is 85.2 Å². The number of Topliss-reactive ketones (excluding diaryl/α,β-unsaturated/α-hetero) is 1. The Balaban J connectivity index is 1.69. The second-order valence-electron chi connectivity index (χ2n) is 7.96. The number of halogens is 2. The summed E-state index contributed by atoms with van der Waals surface area (Å²) < 4.78 is 11.1. The molecule has 0 saturated carbocycles. The van der Waals surface area contributed by atoms with Gasteiger partial charge < -0.3 is 14.8 Å². The Hall–Kier alpha value is -2.47. The number of anilines is 1. The molecule has 0 saturated heterocycles. The zero-order chi connectivity index (χ0) is 22.4. The Morgan fingerprint density at radius 1 is 1.00 bits per heavy atom. The number of ether oxygens (including phenoxy) is 2. The van der Waals surface area contributed by atoms with Crippen LogP contribution in [0.4, 0.5) is 5.69 Å². The molecule has 2 aromatic carbocycles. The minimum Gasteiger partial charge on any atom is -0.493 e. The van der Waals surface area contributed by atoms with Crippen molar-refractivity contribution < 1.29 is 14.3 Å². The van der Waals surface area contributed by atoms with Crippen LogP contribution in [0.3, 0.4) is 0 Å². The number of thiophene rings is 1. The van der Waals surface area contributed by atoms with Crippen LogP contribution in [0.2, 0.25) is 10.0 Å². The van der Waals surface area contributed by atoms with E-state index in [9.17, 15) is 4.79 Å². The molecule has 32 heavy (non-hydrogen) atoms. The Bertz CT molecular complexity index is 1240. The van der Waals surface area contributed by atoms with Crippen LogP contribution in [0, 0.1) is 0 Å². The lowest BCUT2D eigenvalue weighted by molar-refractivity contribution is -0.116. The minimum atomic E-state index is -0.271. The van der Waals surface area contributed by atoms with Crippen molar-refractivity contribution >= 4 is 46.0 Å². The molecule has 5 rings (SSSR count). The van der Waals surface area contributed by atoms with Crippen LogP contribution in [0.5, 0.6) is 11.5 Å². The van der Waals surface area contributed by atoms with Gasteiger partial charge in [-0.1, -0.05) is 35.3 Å². The van der Waals surface area contributed by atoms with E-state index in [1.165, 1.54) is 4.88 Å². The van der Waals surface area contributed by atoms with Gasteiger partial charge in [0.05, 0.1) is 24.3 Å². The molecule has 2 aliphatic rings. The smallest absolute Gasteiger partial charge is 0.162 e. The fourth-order valence-corrected chi connectivity index (χ4v) is 5.84. The number of carbonyl (C=O) groups excluding carboxylic acids is 1. The molecule has 0 amide bonds. The maximum absolute atomic E-state index is 13.5. The van der Waals surface area contributed by atoms with Crippen LogP contribution in [0.25, 0.3) is 0 Å². The molecule has 0 bridgehead atoms. The summed E-state index contributed by atoms with van der Waals surface area (Å²) in [6, 6.07) is 13.6. The molecule has 1 N–H and O–H groups in total. The fraction of sp³-hybridized carbons (Fsp3) is 0.240. The molecule has 0 radical (unpaired) electrons. The zero-order valence-corrected chi connectivity index (χ0v) is 19.9. The average Bonchev–Trinajstić information content (AvgIpc) is 3.33. The van der Waals surface area contributed by atoms with Crippen LogP contribution >= 0.6 is 34.5 Å². The molecule has 2 heterocycles. The van der Waals surface area contributed by atoms with Crippen LogP contribution < -0.4 is 14.8 Å². The summed E-state index contributed by atoms with van der Waals surface area (Å²) in [7, 11) is 3.22. The third-order valence-corrected chi connectivity index (χ3v) is 7.95. The molecule has 3 aromatic rings. The van der Waals surface area contributed by atoms with E-state index in [2.05, 4.69) is 16.8 Å². The minimum absolute atomic E-state index is 0.147. The van der Waals surface area contributed by atoms with Gasteiger partial charge in [-0.3, -0.25) is 4.79 Å². The molecule has 0 spiro atoms. The van der Waals surface area contributed by atoms with Gasteiger partial charge in [-0.25, -0.2) is 0 Å². The number of hydrogen-bond donors (Lipinski definition) is 1. The monoisotopic (exact) mass is 485 g/mol. The fourth-order valence-electron chi connectivity index (χ4n) is 4.71. The number of ketones is 1. The molecule has 1 aliphatic heterocycles. The van der Waals surface area contributed by atoms with Gasteiger partial charge in [-0.15, -0.1) is 11.3 Å². The summed E-state index contributed by atoms with van der Waals surface area (Å²) >= 11 is 14.3. The van der Waals surface area contributed by atoms with Crippen LogP contribution in [-0.4, -0.2) is 20.0 Å². The van der Waals surface area contributed by atoms with Gasteiger partial charge in [0.25, 0.3) is 0 Å². The zero-order valence-electron chi connectivity index (χ0n) is 17.6. The van der Waals surface area contributed by atoms with Crippen LogP contribution in [0.15, 0.2) is 59.1 Å². The summed E-state index contributed by atoms with van der Waals surface area (Å²) in [4.78, 5) is 14.8. The summed E-state index contributed by atoms with van der Waals surface area (Å²) in [5.41, 5.74) is 4.51. The average molecular weight is 486 g/mol. The second-order valence-corrected chi connectivity index (χ2v) is 9.76. The summed E-state index contributed by atoms with van der Waals surface area (Å²) in [6.07, 6.45) is 1.26. The normalized spacial score (nSPS) is 19.8. The van der Waals surface area contributed by atoms with E-state index in [-0.39, 0.29) is 17.6 Å². The number of nitrogens with one attached hydrogen (secondary N) is 1. The number of rotatable bonds is 4. The number of methoxy groups -OCH3 is 2. The van der Waals surface area contributed by atoms with Gasteiger partial charge in [0.1, 0.15) is 0 Å². The van der Waals surface area contributed by atoms with E-state index in [0.717, 1.165) is 34.5 Å². The largest absolute Gasteiger partial charge is 0.493 e. The lowest BCUT2D eigenvalue weighted by Crippen LogP contribution is -2.29. The third kappa shape index (κ3) is 3.58. The van der Waals surface area contributed by atoms with Crippen molar-refractivity contribution in [1.29, 1.82) is 0 Å². The van der Waals surface area contributed by atoms with E-state index >= 15 is 0 Å². The highest BCUT2D eigenvalue weighted by atomic mass is 35.5. The van der Waals surface area contributed by atoms with E-state index < -0.39 is 0 Å². The highest BCUT2D eigenvalue weighted by Gasteiger charge is 2.39. The number of allylic oxidation sites excluding steroid dienone is 2. The van der Waals surface area contributed by atoms with Crippen molar-refractivity contribution in [3.8, 4) is 11.5 Å². The number of fused-ring (bicyclic) bond motifs is 1. The third-order valence-electron chi connectivity index (χ3n) is 6.17. The molecular formula is C25H21Cl2NO3S. The first kappa shape index (κ1) is 21.4. The molecular weight excluding hydrogens is 465 g/mol.